The van der Waals surface area contributed by atoms with Crippen LogP contribution in [0, 0.1) is 12.7 Å². The van der Waals surface area contributed by atoms with E-state index in [2.05, 4.69) is 32.6 Å². The third-order valence-electron chi connectivity index (χ3n) is 6.15. The average Bonchev–Trinajstić information content (AvgIpc) is 3.57. The van der Waals surface area contributed by atoms with Gasteiger partial charge in [-0.15, -0.1) is 0 Å². The van der Waals surface area contributed by atoms with E-state index >= 15 is 0 Å². The molecule has 0 aliphatic carbocycles. The number of hydrogen-bond acceptors (Lipinski definition) is 5. The van der Waals surface area contributed by atoms with Gasteiger partial charge in [-0.05, 0) is 48.4 Å². The molecule has 1 unspecified atom stereocenters. The summed E-state index contributed by atoms with van der Waals surface area (Å²) in [5.41, 5.74) is 4.38. The van der Waals surface area contributed by atoms with Gasteiger partial charge in [0.25, 0.3) is 5.91 Å². The molecule has 1 fully saturated rings. The minimum atomic E-state index is -4.33. The fourth-order valence-corrected chi connectivity index (χ4v) is 4.08. The van der Waals surface area contributed by atoms with Crippen molar-refractivity contribution >= 4 is 22.8 Å². The Bertz CT molecular complexity index is 1540. The van der Waals surface area contributed by atoms with Crippen LogP contribution in [0.4, 0.5) is 23.2 Å². The fourth-order valence-electron chi connectivity index (χ4n) is 4.08. The van der Waals surface area contributed by atoms with Crippen LogP contribution in [0.3, 0.4) is 0 Å². The van der Waals surface area contributed by atoms with Crippen LogP contribution in [0.5, 0.6) is 0 Å². The maximum atomic E-state index is 13.9. The van der Waals surface area contributed by atoms with Crippen molar-refractivity contribution in [1.29, 1.82) is 0 Å². The minimum absolute atomic E-state index is 0.0163. The minimum Gasteiger partial charge on any atom is -0.382 e. The zero-order chi connectivity index (χ0) is 27.0. The van der Waals surface area contributed by atoms with Gasteiger partial charge in [0.1, 0.15) is 5.82 Å². The number of anilines is 1. The molecule has 0 radical (unpaired) electrons. The van der Waals surface area contributed by atoms with Crippen molar-refractivity contribution in [3.8, 4) is 11.3 Å². The van der Waals surface area contributed by atoms with E-state index in [-0.39, 0.29) is 18.6 Å². The Balaban J connectivity index is 1.55. The topological polar surface area (TPSA) is 93.3 Å². The number of nitrogens with zero attached hydrogens (tertiary/aromatic N) is 3. The molecule has 196 valence electrons. The Morgan fingerprint density at radius 3 is 2.68 bits per heavy atom. The number of benzene rings is 2. The van der Waals surface area contributed by atoms with Gasteiger partial charge in [-0.2, -0.15) is 18.3 Å². The molecule has 0 bridgehead atoms. The molecule has 4 aromatic rings. The number of nitrogens with one attached hydrogen (secondary N) is 3. The smallest absolute Gasteiger partial charge is 0.382 e. The number of carbonyl (C=O) groups excluding carboxylic acids is 1. The Labute approximate surface area is 215 Å². The highest BCUT2D eigenvalue weighted by Crippen LogP contribution is 2.30. The highest BCUT2D eigenvalue weighted by atomic mass is 19.4. The van der Waals surface area contributed by atoms with Gasteiger partial charge in [-0.25, -0.2) is 13.9 Å². The van der Waals surface area contributed by atoms with Gasteiger partial charge in [0.2, 0.25) is 0 Å². The molecule has 3 N–H and O–H groups in total. The largest absolute Gasteiger partial charge is 0.390 e. The van der Waals surface area contributed by atoms with Crippen molar-refractivity contribution in [1.82, 2.24) is 25.2 Å². The predicted octanol–water partition coefficient (Wildman–Crippen LogP) is 4.93. The summed E-state index contributed by atoms with van der Waals surface area (Å²) < 4.78 is 53.8. The van der Waals surface area contributed by atoms with Crippen LogP contribution in [0.2, 0.25) is 0 Å². The quantitative estimate of drug-likeness (QED) is 0.225. The van der Waals surface area contributed by atoms with E-state index in [1.165, 1.54) is 16.6 Å². The maximum Gasteiger partial charge on any atom is 0.390 e. The molecule has 7 nitrogen and oxygen atoms in total. The molecule has 0 spiro atoms. The summed E-state index contributed by atoms with van der Waals surface area (Å²) in [6, 6.07) is 12.7. The van der Waals surface area contributed by atoms with Crippen LogP contribution in [-0.4, -0.2) is 45.9 Å². The Kier molecular flexibility index (Phi) is 6.62. The predicted molar refractivity (Wildman–Crippen MR) is 136 cm³/mol. The molecule has 1 amide bonds. The van der Waals surface area contributed by atoms with Crippen LogP contribution in [0.1, 0.15) is 33.6 Å². The van der Waals surface area contributed by atoms with Crippen LogP contribution < -0.4 is 16.0 Å². The number of hydrogen-bond donors (Lipinski definition) is 3. The van der Waals surface area contributed by atoms with Gasteiger partial charge in [0.15, 0.2) is 5.65 Å². The number of halogens is 4. The molecule has 38 heavy (non-hydrogen) atoms. The Hall–Kier alpha value is -4.25. The number of alkyl halides is 3. The van der Waals surface area contributed by atoms with Crippen LogP contribution in [0.15, 0.2) is 61.3 Å². The fraction of sp³-hybridized carbons (Fsp3) is 0.222. The van der Waals surface area contributed by atoms with Crippen molar-refractivity contribution in [2.45, 2.75) is 25.7 Å². The van der Waals surface area contributed by atoms with Gasteiger partial charge in [-0.1, -0.05) is 24.8 Å². The lowest BCUT2D eigenvalue weighted by atomic mass is 10.0. The number of carbonyl (C=O) groups is 1. The Morgan fingerprint density at radius 1 is 1.21 bits per heavy atom. The third kappa shape index (κ3) is 5.52. The maximum absolute atomic E-state index is 13.9. The summed E-state index contributed by atoms with van der Waals surface area (Å²) in [5, 5.41) is 13.3. The van der Waals surface area contributed by atoms with Gasteiger partial charge in [0, 0.05) is 29.8 Å². The molecule has 11 heteroatoms. The molecule has 2 aromatic heterocycles. The highest BCUT2D eigenvalue weighted by molar-refractivity contribution is 5.96. The van der Waals surface area contributed by atoms with Crippen molar-refractivity contribution < 1.29 is 22.4 Å². The molecular formula is C27H24F4N6O. The summed E-state index contributed by atoms with van der Waals surface area (Å²) in [6.07, 6.45) is -3.81. The SMILES string of the molecule is C=C(c1cccc(F)c1)c1cc(NCCC(F)(F)F)c2ncc(-c3ccc(C(=O)NC4CN4)c(C)c3)n2n1. The normalized spacial score (nSPS) is 14.9. The lowest BCUT2D eigenvalue weighted by Crippen LogP contribution is -2.28. The first kappa shape index (κ1) is 25.4. The summed E-state index contributed by atoms with van der Waals surface area (Å²) in [6.45, 7) is 6.23. The standard InChI is InChI=1S/C27H24F4N6O/c1-15-10-18(6-7-20(15)26(38)35-24-14-33-24)23-13-34-25-22(32-9-8-27(29,30)31)12-21(36-37(23)25)16(2)17-4-3-5-19(28)11-17/h3-7,10-13,24,32-33H,2,8-9,14H2,1H3,(H,35,38). The second kappa shape index (κ2) is 9.90. The monoisotopic (exact) mass is 524 g/mol. The first-order valence-electron chi connectivity index (χ1n) is 11.9. The number of amides is 1. The number of imidazole rings is 1. The molecule has 0 saturated carbocycles. The molecule has 3 heterocycles. The van der Waals surface area contributed by atoms with E-state index in [0.717, 1.165) is 12.1 Å². The van der Waals surface area contributed by atoms with E-state index in [1.54, 1.807) is 36.5 Å². The average molecular weight is 525 g/mol. The summed E-state index contributed by atoms with van der Waals surface area (Å²) in [4.78, 5) is 16.9. The van der Waals surface area contributed by atoms with Crippen LogP contribution >= 0.6 is 0 Å². The van der Waals surface area contributed by atoms with Crippen molar-refractivity contribution in [2.24, 2.45) is 0 Å². The molecular weight excluding hydrogens is 500 g/mol. The second-order valence-electron chi connectivity index (χ2n) is 9.07. The molecule has 1 saturated heterocycles. The summed E-state index contributed by atoms with van der Waals surface area (Å²) in [5.74, 6) is -0.640. The first-order valence-corrected chi connectivity index (χ1v) is 11.9. The van der Waals surface area contributed by atoms with Gasteiger partial charge < -0.3 is 10.6 Å². The lowest BCUT2D eigenvalue weighted by molar-refractivity contribution is -0.131. The molecule has 5 rings (SSSR count). The van der Waals surface area contributed by atoms with Crippen molar-refractivity contribution in [3.05, 3.63) is 89.5 Å². The van der Waals surface area contributed by atoms with Crippen LogP contribution in [0.25, 0.3) is 22.5 Å². The molecule has 1 aliphatic rings. The summed E-state index contributed by atoms with van der Waals surface area (Å²) in [7, 11) is 0. The third-order valence-corrected chi connectivity index (χ3v) is 6.15. The first-order chi connectivity index (χ1) is 18.1. The molecule has 2 aromatic carbocycles. The zero-order valence-corrected chi connectivity index (χ0v) is 20.4. The number of rotatable bonds is 8. The lowest BCUT2D eigenvalue weighted by Gasteiger charge is -2.14. The van der Waals surface area contributed by atoms with E-state index in [1.807, 2.05) is 13.0 Å². The van der Waals surface area contributed by atoms with Gasteiger partial charge >= 0.3 is 6.18 Å². The van der Waals surface area contributed by atoms with Gasteiger partial charge in [0.05, 0.1) is 35.9 Å². The van der Waals surface area contributed by atoms with Gasteiger partial charge in [-0.3, -0.25) is 10.1 Å². The van der Waals surface area contributed by atoms with E-state index in [4.69, 9.17) is 0 Å². The number of fused-ring (bicyclic) bond motifs is 1. The van der Waals surface area contributed by atoms with E-state index in [9.17, 15) is 22.4 Å². The van der Waals surface area contributed by atoms with E-state index < -0.39 is 18.4 Å². The number of aryl methyl sites for hydroxylation is 1. The zero-order valence-electron chi connectivity index (χ0n) is 20.4. The van der Waals surface area contributed by atoms with Crippen molar-refractivity contribution in [3.63, 3.8) is 0 Å². The highest BCUT2D eigenvalue weighted by Gasteiger charge is 2.27. The number of aromatic nitrogens is 3. The summed E-state index contributed by atoms with van der Waals surface area (Å²) >= 11 is 0. The Morgan fingerprint density at radius 2 is 2.00 bits per heavy atom. The van der Waals surface area contributed by atoms with E-state index in [0.29, 0.717) is 45.0 Å². The molecule has 1 atom stereocenters. The molecule has 1 aliphatic heterocycles. The van der Waals surface area contributed by atoms with Crippen molar-refractivity contribution in [2.75, 3.05) is 18.4 Å². The van der Waals surface area contributed by atoms with Crippen LogP contribution in [-0.2, 0) is 0 Å². The second-order valence-corrected chi connectivity index (χ2v) is 9.07.